The summed E-state index contributed by atoms with van der Waals surface area (Å²) in [6, 6.07) is 3.28. The van der Waals surface area contributed by atoms with E-state index in [0.717, 1.165) is 0 Å². The first-order valence-electron chi connectivity index (χ1n) is 3.90. The first-order chi connectivity index (χ1) is 6.59. The molecule has 4 nitrogen and oxygen atoms in total. The van der Waals surface area contributed by atoms with Gasteiger partial charge in [0.05, 0.1) is 21.3 Å². The van der Waals surface area contributed by atoms with E-state index in [2.05, 4.69) is 10.6 Å². The zero-order chi connectivity index (χ0) is 10.3. The van der Waals surface area contributed by atoms with Gasteiger partial charge in [-0.3, -0.25) is 10.5 Å². The number of halogens is 2. The van der Waals surface area contributed by atoms with Crippen molar-refractivity contribution in [2.75, 3.05) is 5.32 Å². The number of hydrogen-bond donors (Lipinski definition) is 3. The lowest BCUT2D eigenvalue weighted by molar-refractivity contribution is 0.0937. The van der Waals surface area contributed by atoms with E-state index in [1.54, 1.807) is 12.1 Å². The number of anilines is 1. The number of carbonyl (C=O) groups is 1. The van der Waals surface area contributed by atoms with Crippen molar-refractivity contribution < 1.29 is 4.79 Å². The van der Waals surface area contributed by atoms with E-state index in [0.29, 0.717) is 16.3 Å². The molecular weight excluding hydrogens is 225 g/mol. The van der Waals surface area contributed by atoms with E-state index in [9.17, 15) is 4.79 Å². The predicted molar refractivity (Wildman–Crippen MR) is 55.5 cm³/mol. The van der Waals surface area contributed by atoms with Gasteiger partial charge in [-0.15, -0.1) is 0 Å². The molecule has 1 heterocycles. The summed E-state index contributed by atoms with van der Waals surface area (Å²) in [4.78, 5) is 11.5. The molecule has 1 amide bonds. The largest absolute Gasteiger partial charge is 0.352 e. The van der Waals surface area contributed by atoms with Crippen molar-refractivity contribution in [3.05, 3.63) is 27.7 Å². The first kappa shape index (κ1) is 9.58. The van der Waals surface area contributed by atoms with E-state index in [1.165, 1.54) is 0 Å². The van der Waals surface area contributed by atoms with Crippen molar-refractivity contribution in [3.8, 4) is 0 Å². The zero-order valence-electron chi connectivity index (χ0n) is 6.97. The standard InChI is InChI=1S/C8H7Cl2N3O/c9-3-1-2-4-5(6(3)10)7(14)13-8(11)12-4/h1-2,8,12H,11H2,(H,13,14). The minimum Gasteiger partial charge on any atom is -0.352 e. The summed E-state index contributed by atoms with van der Waals surface area (Å²) in [5, 5.41) is 5.93. The van der Waals surface area contributed by atoms with Crippen LogP contribution in [0.4, 0.5) is 5.69 Å². The molecule has 0 radical (unpaired) electrons. The van der Waals surface area contributed by atoms with E-state index in [-0.39, 0.29) is 10.9 Å². The third-order valence-corrected chi connectivity index (χ3v) is 2.72. The van der Waals surface area contributed by atoms with Gasteiger partial charge in [0.25, 0.3) is 5.91 Å². The Bertz CT molecular complexity index is 408. The van der Waals surface area contributed by atoms with Gasteiger partial charge in [-0.1, -0.05) is 23.2 Å². The summed E-state index contributed by atoms with van der Waals surface area (Å²) in [5.74, 6) is -0.321. The predicted octanol–water partition coefficient (Wildman–Crippen LogP) is 1.39. The second kappa shape index (κ2) is 3.31. The van der Waals surface area contributed by atoms with Gasteiger partial charge in [0.1, 0.15) is 0 Å². The Morgan fingerprint density at radius 2 is 2.00 bits per heavy atom. The van der Waals surface area contributed by atoms with Crippen LogP contribution in [0.5, 0.6) is 0 Å². The summed E-state index contributed by atoms with van der Waals surface area (Å²) in [6.45, 7) is 0. The normalized spacial score (nSPS) is 19.6. The highest BCUT2D eigenvalue weighted by molar-refractivity contribution is 6.44. The number of fused-ring (bicyclic) bond motifs is 1. The third kappa shape index (κ3) is 1.41. The van der Waals surface area contributed by atoms with Crippen LogP contribution < -0.4 is 16.4 Å². The zero-order valence-corrected chi connectivity index (χ0v) is 8.49. The van der Waals surface area contributed by atoms with Crippen molar-refractivity contribution in [2.45, 2.75) is 6.29 Å². The van der Waals surface area contributed by atoms with Crippen LogP contribution in [-0.2, 0) is 0 Å². The van der Waals surface area contributed by atoms with Gasteiger partial charge in [0, 0.05) is 0 Å². The van der Waals surface area contributed by atoms with Gasteiger partial charge in [0.2, 0.25) is 0 Å². The number of hydrogen-bond acceptors (Lipinski definition) is 3. The van der Waals surface area contributed by atoms with Crippen molar-refractivity contribution in [2.24, 2.45) is 5.73 Å². The monoisotopic (exact) mass is 231 g/mol. The molecule has 6 heteroatoms. The molecule has 1 aliphatic rings. The average Bonchev–Trinajstić information content (AvgIpc) is 2.10. The van der Waals surface area contributed by atoms with Crippen LogP contribution in [0.2, 0.25) is 10.0 Å². The van der Waals surface area contributed by atoms with Crippen molar-refractivity contribution in [1.82, 2.24) is 5.32 Å². The smallest absolute Gasteiger partial charge is 0.257 e. The number of nitrogens with one attached hydrogen (secondary N) is 2. The van der Waals surface area contributed by atoms with Crippen molar-refractivity contribution in [1.29, 1.82) is 0 Å². The van der Waals surface area contributed by atoms with Crippen molar-refractivity contribution in [3.63, 3.8) is 0 Å². The Hall–Kier alpha value is -0.970. The Morgan fingerprint density at radius 3 is 2.71 bits per heavy atom. The Morgan fingerprint density at radius 1 is 1.29 bits per heavy atom. The molecule has 14 heavy (non-hydrogen) atoms. The molecule has 0 aromatic heterocycles. The second-order valence-electron chi connectivity index (χ2n) is 2.88. The fourth-order valence-electron chi connectivity index (χ4n) is 1.31. The fourth-order valence-corrected chi connectivity index (χ4v) is 1.72. The van der Waals surface area contributed by atoms with Crippen LogP contribution >= 0.6 is 23.2 Å². The molecule has 0 spiro atoms. The highest BCUT2D eigenvalue weighted by atomic mass is 35.5. The first-order valence-corrected chi connectivity index (χ1v) is 4.66. The maximum atomic E-state index is 11.5. The van der Waals surface area contributed by atoms with Crippen LogP contribution in [0, 0.1) is 0 Å². The maximum absolute atomic E-state index is 11.5. The Kier molecular flexibility index (Phi) is 2.26. The minimum atomic E-state index is -0.591. The van der Waals surface area contributed by atoms with Crippen molar-refractivity contribution >= 4 is 34.8 Å². The molecule has 0 aliphatic carbocycles. The number of rotatable bonds is 0. The van der Waals surface area contributed by atoms with E-state index < -0.39 is 6.29 Å². The molecule has 2 rings (SSSR count). The van der Waals surface area contributed by atoms with Crippen LogP contribution in [0.1, 0.15) is 10.4 Å². The fraction of sp³-hybridized carbons (Fsp3) is 0.125. The van der Waals surface area contributed by atoms with E-state index in [4.69, 9.17) is 28.9 Å². The van der Waals surface area contributed by atoms with Gasteiger partial charge in [-0.2, -0.15) is 0 Å². The molecule has 1 aromatic carbocycles. The highest BCUT2D eigenvalue weighted by Crippen LogP contribution is 2.32. The quantitative estimate of drug-likeness (QED) is 0.633. The molecular formula is C8H7Cl2N3O. The molecule has 0 bridgehead atoms. The molecule has 4 N–H and O–H groups in total. The summed E-state index contributed by atoms with van der Waals surface area (Å²) < 4.78 is 0. The topological polar surface area (TPSA) is 67.1 Å². The number of amides is 1. The second-order valence-corrected chi connectivity index (χ2v) is 3.66. The number of benzene rings is 1. The van der Waals surface area contributed by atoms with E-state index in [1.807, 2.05) is 0 Å². The number of nitrogens with two attached hydrogens (primary N) is 1. The van der Waals surface area contributed by atoms with Crippen LogP contribution in [0.3, 0.4) is 0 Å². The molecule has 1 aromatic rings. The minimum absolute atomic E-state index is 0.237. The Balaban J connectivity index is 2.60. The van der Waals surface area contributed by atoms with Gasteiger partial charge in [0.15, 0.2) is 6.29 Å². The van der Waals surface area contributed by atoms with Gasteiger partial charge < -0.3 is 10.6 Å². The van der Waals surface area contributed by atoms with Crippen LogP contribution in [0.15, 0.2) is 12.1 Å². The lowest BCUT2D eigenvalue weighted by Crippen LogP contribution is -2.50. The van der Waals surface area contributed by atoms with Gasteiger partial charge in [-0.05, 0) is 12.1 Å². The molecule has 1 atom stereocenters. The summed E-state index contributed by atoms with van der Waals surface area (Å²) in [6.07, 6.45) is -0.591. The highest BCUT2D eigenvalue weighted by Gasteiger charge is 2.24. The summed E-state index contributed by atoms with van der Waals surface area (Å²) >= 11 is 11.7. The maximum Gasteiger partial charge on any atom is 0.257 e. The van der Waals surface area contributed by atoms with E-state index >= 15 is 0 Å². The average molecular weight is 232 g/mol. The molecule has 74 valence electrons. The molecule has 0 fully saturated rings. The summed E-state index contributed by atoms with van der Waals surface area (Å²) in [7, 11) is 0. The lowest BCUT2D eigenvalue weighted by Gasteiger charge is -2.25. The molecule has 1 aliphatic heterocycles. The van der Waals surface area contributed by atoms with Crippen LogP contribution in [0.25, 0.3) is 0 Å². The van der Waals surface area contributed by atoms with Crippen LogP contribution in [-0.4, -0.2) is 12.2 Å². The van der Waals surface area contributed by atoms with Gasteiger partial charge >= 0.3 is 0 Å². The molecule has 0 saturated heterocycles. The SMILES string of the molecule is NC1NC(=O)c2c(ccc(Cl)c2Cl)N1. The third-order valence-electron chi connectivity index (χ3n) is 1.92. The van der Waals surface area contributed by atoms with Gasteiger partial charge in [-0.25, -0.2) is 0 Å². The molecule has 0 saturated carbocycles. The Labute approximate surface area is 90.4 Å². The molecule has 1 unspecified atom stereocenters. The number of carbonyl (C=O) groups excluding carboxylic acids is 1. The summed E-state index contributed by atoms with van der Waals surface area (Å²) in [5.41, 5.74) is 6.44. The lowest BCUT2D eigenvalue weighted by atomic mass is 10.1.